The number of nitrogens with zero attached hydrogens (tertiary/aromatic N) is 3. The third kappa shape index (κ3) is 2.09. The van der Waals surface area contributed by atoms with Gasteiger partial charge in [0.15, 0.2) is 0 Å². The number of carbonyl (C=O) groups excluding carboxylic acids is 1. The summed E-state index contributed by atoms with van der Waals surface area (Å²) in [5, 5.41) is 11.8. The first-order valence-corrected chi connectivity index (χ1v) is 5.83. The van der Waals surface area contributed by atoms with Crippen LogP contribution in [0.25, 0.3) is 0 Å². The molecule has 0 radical (unpaired) electrons. The van der Waals surface area contributed by atoms with E-state index in [2.05, 4.69) is 22.4 Å². The van der Waals surface area contributed by atoms with E-state index in [1.807, 2.05) is 4.90 Å². The molecule has 0 saturated carbocycles. The molecular formula is C9H14N4OS. The molecule has 5 nitrogen and oxygen atoms in total. The zero-order valence-electron chi connectivity index (χ0n) is 8.86. The summed E-state index contributed by atoms with van der Waals surface area (Å²) < 4.78 is 0. The number of likely N-dealkylation sites (tertiary alicyclic amines) is 1. The van der Waals surface area contributed by atoms with Crippen molar-refractivity contribution in [3.05, 3.63) is 5.01 Å². The van der Waals surface area contributed by atoms with Gasteiger partial charge in [-0.05, 0) is 12.3 Å². The van der Waals surface area contributed by atoms with Gasteiger partial charge >= 0.3 is 0 Å². The second kappa shape index (κ2) is 4.14. The zero-order chi connectivity index (χ0) is 10.8. The van der Waals surface area contributed by atoms with E-state index in [9.17, 15) is 4.79 Å². The van der Waals surface area contributed by atoms with Gasteiger partial charge in [0.2, 0.25) is 10.1 Å². The SMILES string of the molecule is CNc1nnc(C(=O)N2CCC(C)C2)s1. The van der Waals surface area contributed by atoms with Crippen LogP contribution in [0, 0.1) is 5.92 Å². The molecule has 1 aromatic rings. The predicted octanol–water partition coefficient (Wildman–Crippen LogP) is 1.06. The van der Waals surface area contributed by atoms with E-state index in [1.165, 1.54) is 11.3 Å². The van der Waals surface area contributed by atoms with E-state index in [0.717, 1.165) is 19.5 Å². The Hall–Kier alpha value is -1.17. The first-order valence-electron chi connectivity index (χ1n) is 5.01. The van der Waals surface area contributed by atoms with Crippen molar-refractivity contribution in [2.45, 2.75) is 13.3 Å². The summed E-state index contributed by atoms with van der Waals surface area (Å²) in [6, 6.07) is 0. The molecule has 6 heteroatoms. The largest absolute Gasteiger partial charge is 0.363 e. The van der Waals surface area contributed by atoms with Crippen LogP contribution in [-0.4, -0.2) is 41.1 Å². The molecule has 1 atom stereocenters. The number of hydrogen-bond acceptors (Lipinski definition) is 5. The van der Waals surface area contributed by atoms with Gasteiger partial charge in [-0.3, -0.25) is 4.79 Å². The summed E-state index contributed by atoms with van der Waals surface area (Å²) in [6.07, 6.45) is 1.09. The van der Waals surface area contributed by atoms with Crippen LogP contribution in [0.3, 0.4) is 0 Å². The number of nitrogens with one attached hydrogen (secondary N) is 1. The summed E-state index contributed by atoms with van der Waals surface area (Å²) in [5.74, 6) is 0.615. The molecule has 2 rings (SSSR count). The van der Waals surface area contributed by atoms with Crippen molar-refractivity contribution in [1.82, 2.24) is 15.1 Å². The maximum atomic E-state index is 11.9. The Labute approximate surface area is 92.5 Å². The molecule has 0 aromatic carbocycles. The minimum absolute atomic E-state index is 0.0124. The Morgan fingerprint density at radius 1 is 1.60 bits per heavy atom. The Balaban J connectivity index is 2.07. The molecule has 2 heterocycles. The van der Waals surface area contributed by atoms with Crippen LogP contribution >= 0.6 is 11.3 Å². The minimum Gasteiger partial charge on any atom is -0.363 e. The Bertz CT molecular complexity index is 365. The van der Waals surface area contributed by atoms with Crippen LogP contribution in [0.2, 0.25) is 0 Å². The van der Waals surface area contributed by atoms with E-state index in [1.54, 1.807) is 7.05 Å². The molecule has 1 saturated heterocycles. The van der Waals surface area contributed by atoms with Crippen LogP contribution in [0.5, 0.6) is 0 Å². The molecule has 0 aliphatic carbocycles. The fourth-order valence-electron chi connectivity index (χ4n) is 1.67. The highest BCUT2D eigenvalue weighted by molar-refractivity contribution is 7.17. The normalized spacial score (nSPS) is 20.7. The van der Waals surface area contributed by atoms with Crippen LogP contribution in [-0.2, 0) is 0 Å². The lowest BCUT2D eigenvalue weighted by molar-refractivity contribution is 0.0787. The fraction of sp³-hybridized carbons (Fsp3) is 0.667. The highest BCUT2D eigenvalue weighted by Crippen LogP contribution is 2.21. The molecule has 1 N–H and O–H groups in total. The second-order valence-electron chi connectivity index (χ2n) is 3.81. The molecule has 15 heavy (non-hydrogen) atoms. The molecule has 1 fully saturated rings. The molecule has 1 aliphatic rings. The average molecular weight is 226 g/mol. The number of amides is 1. The zero-order valence-corrected chi connectivity index (χ0v) is 9.67. The third-order valence-electron chi connectivity index (χ3n) is 2.53. The molecule has 0 bridgehead atoms. The van der Waals surface area contributed by atoms with Gasteiger partial charge in [-0.25, -0.2) is 0 Å². The minimum atomic E-state index is 0.0124. The van der Waals surface area contributed by atoms with Gasteiger partial charge in [-0.1, -0.05) is 18.3 Å². The number of anilines is 1. The Morgan fingerprint density at radius 3 is 2.93 bits per heavy atom. The van der Waals surface area contributed by atoms with Crippen molar-refractivity contribution in [1.29, 1.82) is 0 Å². The summed E-state index contributed by atoms with van der Waals surface area (Å²) in [7, 11) is 1.77. The van der Waals surface area contributed by atoms with Crippen molar-refractivity contribution in [3.63, 3.8) is 0 Å². The second-order valence-corrected chi connectivity index (χ2v) is 4.78. The number of aromatic nitrogens is 2. The Morgan fingerprint density at radius 2 is 2.40 bits per heavy atom. The van der Waals surface area contributed by atoms with Crippen LogP contribution in [0.1, 0.15) is 23.1 Å². The summed E-state index contributed by atoms with van der Waals surface area (Å²) in [6.45, 7) is 3.84. The number of hydrogen-bond donors (Lipinski definition) is 1. The van der Waals surface area contributed by atoms with Crippen molar-refractivity contribution >= 4 is 22.4 Å². The molecule has 1 amide bonds. The summed E-state index contributed by atoms with van der Waals surface area (Å²) in [4.78, 5) is 13.8. The van der Waals surface area contributed by atoms with Gasteiger partial charge in [0.1, 0.15) is 0 Å². The monoisotopic (exact) mass is 226 g/mol. The van der Waals surface area contributed by atoms with Crippen LogP contribution in [0.4, 0.5) is 5.13 Å². The Kier molecular flexibility index (Phi) is 2.86. The molecule has 1 aromatic heterocycles. The van der Waals surface area contributed by atoms with Crippen LogP contribution in [0.15, 0.2) is 0 Å². The summed E-state index contributed by atoms with van der Waals surface area (Å²) >= 11 is 1.30. The molecule has 1 unspecified atom stereocenters. The van der Waals surface area contributed by atoms with E-state index in [0.29, 0.717) is 16.1 Å². The van der Waals surface area contributed by atoms with Crippen molar-refractivity contribution in [3.8, 4) is 0 Å². The van der Waals surface area contributed by atoms with Gasteiger partial charge in [0, 0.05) is 20.1 Å². The quantitative estimate of drug-likeness (QED) is 0.819. The molecule has 82 valence electrons. The van der Waals surface area contributed by atoms with Gasteiger partial charge in [0.05, 0.1) is 0 Å². The molecule has 1 aliphatic heterocycles. The van der Waals surface area contributed by atoms with E-state index >= 15 is 0 Å². The molecule has 0 spiro atoms. The van der Waals surface area contributed by atoms with Crippen LogP contribution < -0.4 is 5.32 Å². The lowest BCUT2D eigenvalue weighted by Gasteiger charge is -2.12. The number of carbonyl (C=O) groups is 1. The maximum Gasteiger partial charge on any atom is 0.284 e. The van der Waals surface area contributed by atoms with E-state index < -0.39 is 0 Å². The van der Waals surface area contributed by atoms with Crippen molar-refractivity contribution in [2.24, 2.45) is 5.92 Å². The first-order chi connectivity index (χ1) is 7.20. The van der Waals surface area contributed by atoms with Gasteiger partial charge in [0.25, 0.3) is 5.91 Å². The molecular weight excluding hydrogens is 212 g/mol. The third-order valence-corrected chi connectivity index (χ3v) is 3.46. The fourth-order valence-corrected chi connectivity index (χ4v) is 2.33. The van der Waals surface area contributed by atoms with Gasteiger partial charge in [-0.2, -0.15) is 0 Å². The highest BCUT2D eigenvalue weighted by Gasteiger charge is 2.26. The van der Waals surface area contributed by atoms with E-state index in [4.69, 9.17) is 0 Å². The number of rotatable bonds is 2. The topological polar surface area (TPSA) is 58.1 Å². The van der Waals surface area contributed by atoms with Gasteiger partial charge < -0.3 is 10.2 Å². The van der Waals surface area contributed by atoms with Gasteiger partial charge in [-0.15, -0.1) is 10.2 Å². The average Bonchev–Trinajstić information content (AvgIpc) is 2.84. The van der Waals surface area contributed by atoms with E-state index in [-0.39, 0.29) is 5.91 Å². The summed E-state index contributed by atoms with van der Waals surface area (Å²) in [5.41, 5.74) is 0. The maximum absolute atomic E-state index is 11.9. The van der Waals surface area contributed by atoms with Crippen molar-refractivity contribution in [2.75, 3.05) is 25.5 Å². The smallest absolute Gasteiger partial charge is 0.284 e. The highest BCUT2D eigenvalue weighted by atomic mass is 32.1. The predicted molar refractivity (Wildman–Crippen MR) is 59.1 cm³/mol. The standard InChI is InChI=1S/C9H14N4OS/c1-6-3-4-13(5-6)8(14)7-11-12-9(10-2)15-7/h6H,3-5H2,1-2H3,(H,10,12). The van der Waals surface area contributed by atoms with Crippen molar-refractivity contribution < 1.29 is 4.79 Å². The first kappa shape index (κ1) is 10.4. The lowest BCUT2D eigenvalue weighted by atomic mass is 10.2. The lowest BCUT2D eigenvalue weighted by Crippen LogP contribution is -2.28.